The normalized spacial score (nSPS) is 19.1. The molecule has 2 fully saturated rings. The Hall–Kier alpha value is -2.14. The lowest BCUT2D eigenvalue weighted by atomic mass is 9.88. The van der Waals surface area contributed by atoms with E-state index in [9.17, 15) is 9.59 Å². The highest BCUT2D eigenvalue weighted by Gasteiger charge is 2.39. The van der Waals surface area contributed by atoms with Crippen LogP contribution in [0.15, 0.2) is 30.5 Å². The molecule has 0 saturated carbocycles. The molecule has 1 aromatic heterocycles. The quantitative estimate of drug-likeness (QED) is 0.755. The Bertz CT molecular complexity index is 838. The predicted octanol–water partition coefficient (Wildman–Crippen LogP) is 3.80. The average molecular weight is 368 g/mol. The molecule has 2 saturated heterocycles. The molecule has 1 amide bonds. The van der Waals surface area contributed by atoms with Gasteiger partial charge in [-0.15, -0.1) is 0 Å². The van der Waals surface area contributed by atoms with Crippen molar-refractivity contribution >= 4 is 22.6 Å². The Balaban J connectivity index is 1.50. The van der Waals surface area contributed by atoms with Crippen molar-refractivity contribution in [3.8, 4) is 0 Å². The van der Waals surface area contributed by atoms with E-state index in [1.165, 1.54) is 0 Å². The van der Waals surface area contributed by atoms with Gasteiger partial charge in [0, 0.05) is 48.8 Å². The lowest BCUT2D eigenvalue weighted by molar-refractivity contribution is -0.136. The van der Waals surface area contributed by atoms with Crippen molar-refractivity contribution in [2.45, 2.75) is 57.6 Å². The number of Topliss-reactive ketones (excluding diaryl/α,β-unsaturated/α-hetero) is 1. The van der Waals surface area contributed by atoms with Gasteiger partial charge in [0.1, 0.15) is 6.54 Å². The number of aromatic nitrogens is 1. The number of amides is 1. The van der Waals surface area contributed by atoms with Crippen LogP contribution < -0.4 is 0 Å². The first-order valence-corrected chi connectivity index (χ1v) is 10.1. The van der Waals surface area contributed by atoms with Gasteiger partial charge in [-0.1, -0.05) is 25.1 Å². The molecular weight excluding hydrogens is 340 g/mol. The highest BCUT2D eigenvalue weighted by Crippen LogP contribution is 2.35. The van der Waals surface area contributed by atoms with Gasteiger partial charge < -0.3 is 14.2 Å². The van der Waals surface area contributed by atoms with E-state index in [1.807, 2.05) is 46.9 Å². The summed E-state index contributed by atoms with van der Waals surface area (Å²) >= 11 is 0. The van der Waals surface area contributed by atoms with Crippen LogP contribution in [0.1, 0.15) is 55.8 Å². The molecule has 1 aromatic carbocycles. The molecule has 2 aliphatic rings. The number of piperidine rings is 1. The van der Waals surface area contributed by atoms with Gasteiger partial charge in [-0.3, -0.25) is 9.59 Å². The minimum Gasteiger partial charge on any atom is -0.375 e. The van der Waals surface area contributed by atoms with Gasteiger partial charge in [-0.05, 0) is 38.2 Å². The molecule has 2 aliphatic heterocycles. The molecule has 0 aliphatic carbocycles. The Morgan fingerprint density at radius 3 is 2.63 bits per heavy atom. The van der Waals surface area contributed by atoms with E-state index < -0.39 is 0 Å². The van der Waals surface area contributed by atoms with Crippen LogP contribution in [0.3, 0.4) is 0 Å². The number of nitrogens with zero attached hydrogens (tertiary/aromatic N) is 2. The fraction of sp³-hybridized carbons (Fsp3) is 0.545. The van der Waals surface area contributed by atoms with Crippen LogP contribution in [0.2, 0.25) is 0 Å². The monoisotopic (exact) mass is 368 g/mol. The van der Waals surface area contributed by atoms with Crippen molar-refractivity contribution < 1.29 is 14.3 Å². The third-order valence-corrected chi connectivity index (χ3v) is 6.08. The minimum atomic E-state index is 0.0245. The zero-order valence-electron chi connectivity index (χ0n) is 16.1. The van der Waals surface area contributed by atoms with Crippen molar-refractivity contribution in [1.29, 1.82) is 0 Å². The third-order valence-electron chi connectivity index (χ3n) is 6.08. The van der Waals surface area contributed by atoms with Crippen LogP contribution in [0, 0.1) is 0 Å². The van der Waals surface area contributed by atoms with E-state index in [2.05, 4.69) is 0 Å². The number of ketones is 1. The number of rotatable bonds is 5. The van der Waals surface area contributed by atoms with Crippen LogP contribution in [-0.2, 0) is 16.1 Å². The van der Waals surface area contributed by atoms with Crippen LogP contribution in [0.4, 0.5) is 0 Å². The number of likely N-dealkylation sites (tertiary alicyclic amines) is 1. The fourth-order valence-electron chi connectivity index (χ4n) is 4.52. The maximum absolute atomic E-state index is 12.9. The number of benzene rings is 1. The Labute approximate surface area is 160 Å². The second kappa shape index (κ2) is 7.47. The Morgan fingerprint density at radius 2 is 1.93 bits per heavy atom. The first-order valence-electron chi connectivity index (χ1n) is 10.1. The van der Waals surface area contributed by atoms with Crippen molar-refractivity contribution in [2.75, 3.05) is 19.7 Å². The summed E-state index contributed by atoms with van der Waals surface area (Å²) in [5.74, 6) is 0.274. The van der Waals surface area contributed by atoms with E-state index >= 15 is 0 Å². The standard InChI is InChI=1S/C22H28N2O3/c1-2-6-20(25)18-15-24(19-8-4-3-7-17(18)19)16-21(26)23-12-10-22(11-13-23)9-5-14-27-22/h3-4,7-8,15H,2,5-6,9-14,16H2,1H3. The summed E-state index contributed by atoms with van der Waals surface area (Å²) in [4.78, 5) is 27.3. The molecule has 5 nitrogen and oxygen atoms in total. The van der Waals surface area contributed by atoms with Gasteiger partial charge in [0.25, 0.3) is 0 Å². The van der Waals surface area contributed by atoms with Gasteiger partial charge in [0.2, 0.25) is 5.91 Å². The topological polar surface area (TPSA) is 51.5 Å². The van der Waals surface area contributed by atoms with E-state index in [-0.39, 0.29) is 23.8 Å². The molecule has 3 heterocycles. The maximum atomic E-state index is 12.9. The molecule has 5 heteroatoms. The van der Waals surface area contributed by atoms with Gasteiger partial charge in [0.05, 0.1) is 5.60 Å². The molecule has 0 unspecified atom stereocenters. The molecule has 144 valence electrons. The smallest absolute Gasteiger partial charge is 0.242 e. The predicted molar refractivity (Wildman–Crippen MR) is 105 cm³/mol. The molecule has 0 N–H and O–H groups in total. The number of carbonyl (C=O) groups is 2. The number of hydrogen-bond donors (Lipinski definition) is 0. The molecule has 0 radical (unpaired) electrons. The molecule has 2 aromatic rings. The summed E-state index contributed by atoms with van der Waals surface area (Å²) in [6.07, 6.45) is 7.37. The van der Waals surface area contributed by atoms with Crippen LogP contribution >= 0.6 is 0 Å². The number of para-hydroxylation sites is 1. The second-order valence-corrected chi connectivity index (χ2v) is 7.88. The van der Waals surface area contributed by atoms with Crippen molar-refractivity contribution in [3.63, 3.8) is 0 Å². The summed E-state index contributed by atoms with van der Waals surface area (Å²) < 4.78 is 7.90. The average Bonchev–Trinajstić information content (AvgIpc) is 3.28. The van der Waals surface area contributed by atoms with Crippen molar-refractivity contribution in [1.82, 2.24) is 9.47 Å². The number of hydrogen-bond acceptors (Lipinski definition) is 3. The van der Waals surface area contributed by atoms with E-state index in [0.29, 0.717) is 6.42 Å². The molecule has 4 rings (SSSR count). The number of fused-ring (bicyclic) bond motifs is 1. The zero-order chi connectivity index (χ0) is 18.9. The summed E-state index contributed by atoms with van der Waals surface area (Å²) in [5.41, 5.74) is 1.71. The molecular formula is C22H28N2O3. The lowest BCUT2D eigenvalue weighted by Crippen LogP contribution is -2.47. The van der Waals surface area contributed by atoms with Gasteiger partial charge in [-0.25, -0.2) is 0 Å². The minimum absolute atomic E-state index is 0.0245. The molecule has 0 bridgehead atoms. The van der Waals surface area contributed by atoms with E-state index in [1.54, 1.807) is 0 Å². The lowest BCUT2D eigenvalue weighted by Gasteiger charge is -2.38. The summed E-state index contributed by atoms with van der Waals surface area (Å²) in [6.45, 7) is 4.68. The Kier molecular flexibility index (Phi) is 5.04. The summed E-state index contributed by atoms with van der Waals surface area (Å²) in [6, 6.07) is 7.87. The van der Waals surface area contributed by atoms with E-state index in [4.69, 9.17) is 4.74 Å². The van der Waals surface area contributed by atoms with Crippen LogP contribution in [-0.4, -0.2) is 46.5 Å². The first-order chi connectivity index (χ1) is 13.1. The molecule has 1 spiro atoms. The van der Waals surface area contributed by atoms with E-state index in [0.717, 1.165) is 68.3 Å². The zero-order valence-corrected chi connectivity index (χ0v) is 16.1. The SMILES string of the molecule is CCCC(=O)c1cn(CC(=O)N2CCC3(CCCO3)CC2)c2ccccc12. The first kappa shape index (κ1) is 18.2. The highest BCUT2D eigenvalue weighted by atomic mass is 16.5. The molecule has 0 atom stereocenters. The van der Waals surface area contributed by atoms with Gasteiger partial charge >= 0.3 is 0 Å². The van der Waals surface area contributed by atoms with Crippen LogP contribution in [0.5, 0.6) is 0 Å². The van der Waals surface area contributed by atoms with Gasteiger partial charge in [-0.2, -0.15) is 0 Å². The van der Waals surface area contributed by atoms with Crippen molar-refractivity contribution in [3.05, 3.63) is 36.0 Å². The second-order valence-electron chi connectivity index (χ2n) is 7.88. The van der Waals surface area contributed by atoms with Crippen LogP contribution in [0.25, 0.3) is 10.9 Å². The summed E-state index contributed by atoms with van der Waals surface area (Å²) in [7, 11) is 0. The van der Waals surface area contributed by atoms with Gasteiger partial charge in [0.15, 0.2) is 5.78 Å². The fourth-order valence-corrected chi connectivity index (χ4v) is 4.52. The Morgan fingerprint density at radius 1 is 1.15 bits per heavy atom. The number of ether oxygens (including phenoxy) is 1. The highest BCUT2D eigenvalue weighted by molar-refractivity contribution is 6.08. The largest absolute Gasteiger partial charge is 0.375 e. The third kappa shape index (κ3) is 3.53. The maximum Gasteiger partial charge on any atom is 0.242 e. The molecule has 27 heavy (non-hydrogen) atoms. The number of carbonyl (C=O) groups excluding carboxylic acids is 2. The van der Waals surface area contributed by atoms with Crippen molar-refractivity contribution in [2.24, 2.45) is 0 Å². The summed E-state index contributed by atoms with van der Waals surface area (Å²) in [5, 5.41) is 0.945.